The number of rotatable bonds is 6. The SMILES string of the molecule is COc1cc(=O)n(-c2ccccc2C)nc1C(=O)NCCc1ccccc1. The van der Waals surface area contributed by atoms with Gasteiger partial charge < -0.3 is 10.1 Å². The third-order valence-corrected chi connectivity index (χ3v) is 4.22. The molecule has 3 rings (SSSR count). The Morgan fingerprint density at radius 1 is 1.11 bits per heavy atom. The number of aryl methyl sites for hydroxylation is 1. The molecule has 0 saturated heterocycles. The van der Waals surface area contributed by atoms with E-state index in [1.54, 1.807) is 6.07 Å². The van der Waals surface area contributed by atoms with Gasteiger partial charge in [-0.05, 0) is 30.5 Å². The van der Waals surface area contributed by atoms with E-state index in [4.69, 9.17) is 4.74 Å². The van der Waals surface area contributed by atoms with E-state index >= 15 is 0 Å². The van der Waals surface area contributed by atoms with Gasteiger partial charge in [-0.15, -0.1) is 0 Å². The van der Waals surface area contributed by atoms with Crippen LogP contribution in [0.5, 0.6) is 5.75 Å². The van der Waals surface area contributed by atoms with Crippen LogP contribution in [-0.4, -0.2) is 29.3 Å². The molecular weight excluding hydrogens is 342 g/mol. The number of benzene rings is 2. The zero-order chi connectivity index (χ0) is 19.2. The summed E-state index contributed by atoms with van der Waals surface area (Å²) in [5.74, 6) is -0.229. The van der Waals surface area contributed by atoms with Crippen molar-refractivity contribution in [3.8, 4) is 11.4 Å². The average molecular weight is 363 g/mol. The Labute approximate surface area is 157 Å². The molecule has 6 nitrogen and oxygen atoms in total. The second-order valence-corrected chi connectivity index (χ2v) is 6.09. The van der Waals surface area contributed by atoms with Crippen LogP contribution >= 0.6 is 0 Å². The Morgan fingerprint density at radius 2 is 1.81 bits per heavy atom. The number of amides is 1. The van der Waals surface area contributed by atoms with E-state index in [0.29, 0.717) is 18.7 Å². The number of carbonyl (C=O) groups excluding carboxylic acids is 1. The van der Waals surface area contributed by atoms with E-state index < -0.39 is 0 Å². The van der Waals surface area contributed by atoms with Crippen LogP contribution in [0.2, 0.25) is 0 Å². The molecule has 0 radical (unpaired) electrons. The van der Waals surface area contributed by atoms with Gasteiger partial charge in [0.25, 0.3) is 11.5 Å². The molecule has 0 aliphatic rings. The van der Waals surface area contributed by atoms with E-state index in [2.05, 4.69) is 10.4 Å². The summed E-state index contributed by atoms with van der Waals surface area (Å²) in [6.45, 7) is 2.34. The lowest BCUT2D eigenvalue weighted by Crippen LogP contribution is -2.31. The smallest absolute Gasteiger partial charge is 0.275 e. The van der Waals surface area contributed by atoms with E-state index in [0.717, 1.165) is 11.1 Å². The van der Waals surface area contributed by atoms with Crippen LogP contribution in [0.4, 0.5) is 0 Å². The second-order valence-electron chi connectivity index (χ2n) is 6.09. The molecule has 1 amide bonds. The summed E-state index contributed by atoms with van der Waals surface area (Å²) < 4.78 is 6.42. The highest BCUT2D eigenvalue weighted by atomic mass is 16.5. The lowest BCUT2D eigenvalue weighted by Gasteiger charge is -2.12. The maximum absolute atomic E-state index is 12.6. The average Bonchev–Trinajstić information content (AvgIpc) is 2.69. The summed E-state index contributed by atoms with van der Waals surface area (Å²) in [6, 6.07) is 18.5. The lowest BCUT2D eigenvalue weighted by molar-refractivity contribution is 0.0943. The summed E-state index contributed by atoms with van der Waals surface area (Å²) >= 11 is 0. The predicted octanol–water partition coefficient (Wildman–Crippen LogP) is 2.52. The number of hydrogen-bond acceptors (Lipinski definition) is 4. The third kappa shape index (κ3) is 4.23. The van der Waals surface area contributed by atoms with Crippen molar-refractivity contribution in [3.63, 3.8) is 0 Å². The Balaban J connectivity index is 1.85. The zero-order valence-electron chi connectivity index (χ0n) is 15.3. The Kier molecular flexibility index (Phi) is 5.66. The van der Waals surface area contributed by atoms with Gasteiger partial charge in [0.15, 0.2) is 11.4 Å². The molecule has 138 valence electrons. The largest absolute Gasteiger partial charge is 0.494 e. The predicted molar refractivity (Wildman–Crippen MR) is 104 cm³/mol. The van der Waals surface area contributed by atoms with Gasteiger partial charge in [0.1, 0.15) is 0 Å². The molecule has 6 heteroatoms. The summed E-state index contributed by atoms with van der Waals surface area (Å²) in [5.41, 5.74) is 2.36. The molecule has 1 heterocycles. The Morgan fingerprint density at radius 3 is 2.52 bits per heavy atom. The number of hydrogen-bond donors (Lipinski definition) is 1. The molecule has 2 aromatic carbocycles. The molecule has 3 aromatic rings. The van der Waals surface area contributed by atoms with Crippen molar-refractivity contribution in [2.24, 2.45) is 0 Å². The summed E-state index contributed by atoms with van der Waals surface area (Å²) in [4.78, 5) is 25.0. The first kappa shape index (κ1) is 18.4. The van der Waals surface area contributed by atoms with Crippen molar-refractivity contribution in [1.82, 2.24) is 15.1 Å². The molecule has 27 heavy (non-hydrogen) atoms. The van der Waals surface area contributed by atoms with Gasteiger partial charge in [-0.1, -0.05) is 48.5 Å². The van der Waals surface area contributed by atoms with Gasteiger partial charge in [0.05, 0.1) is 18.9 Å². The van der Waals surface area contributed by atoms with Gasteiger partial charge in [0, 0.05) is 6.54 Å². The van der Waals surface area contributed by atoms with Crippen molar-refractivity contribution in [1.29, 1.82) is 0 Å². The first-order chi connectivity index (χ1) is 13.1. The number of ether oxygens (including phenoxy) is 1. The van der Waals surface area contributed by atoms with E-state index in [1.807, 2.05) is 55.5 Å². The van der Waals surface area contributed by atoms with Gasteiger partial charge in [-0.25, -0.2) is 0 Å². The molecule has 1 aromatic heterocycles. The summed E-state index contributed by atoms with van der Waals surface area (Å²) in [6.07, 6.45) is 0.701. The molecule has 0 unspecified atom stereocenters. The summed E-state index contributed by atoms with van der Waals surface area (Å²) in [5, 5.41) is 7.10. The van der Waals surface area contributed by atoms with Crippen molar-refractivity contribution in [3.05, 3.63) is 87.8 Å². The Hall–Kier alpha value is -3.41. The molecule has 0 bridgehead atoms. The Bertz CT molecular complexity index is 997. The molecule has 0 atom stereocenters. The monoisotopic (exact) mass is 363 g/mol. The number of nitrogens with zero attached hydrogens (tertiary/aromatic N) is 2. The fourth-order valence-corrected chi connectivity index (χ4v) is 2.78. The third-order valence-electron chi connectivity index (χ3n) is 4.22. The molecule has 0 fully saturated rings. The summed E-state index contributed by atoms with van der Waals surface area (Å²) in [7, 11) is 1.41. The number of carbonyl (C=O) groups is 1. The highest BCUT2D eigenvalue weighted by Gasteiger charge is 2.18. The van der Waals surface area contributed by atoms with Crippen molar-refractivity contribution in [2.45, 2.75) is 13.3 Å². The number of para-hydroxylation sites is 1. The number of methoxy groups -OCH3 is 1. The van der Waals surface area contributed by atoms with E-state index in [1.165, 1.54) is 17.9 Å². The number of aromatic nitrogens is 2. The van der Waals surface area contributed by atoms with Crippen LogP contribution in [-0.2, 0) is 6.42 Å². The van der Waals surface area contributed by atoms with Crippen molar-refractivity contribution >= 4 is 5.91 Å². The molecule has 0 aliphatic heterocycles. The molecular formula is C21H21N3O3. The fraction of sp³-hybridized carbons (Fsp3) is 0.190. The minimum absolute atomic E-state index is 0.0772. The minimum atomic E-state index is -0.384. The van der Waals surface area contributed by atoms with Gasteiger partial charge in [0.2, 0.25) is 0 Å². The molecule has 0 saturated carbocycles. The van der Waals surface area contributed by atoms with Crippen LogP contribution < -0.4 is 15.6 Å². The van der Waals surface area contributed by atoms with Crippen LogP contribution in [0.15, 0.2) is 65.5 Å². The standard InChI is InChI=1S/C21H21N3O3/c1-15-8-6-7-11-17(15)24-19(25)14-18(27-2)20(23-24)21(26)22-13-12-16-9-4-3-5-10-16/h3-11,14H,12-13H2,1-2H3,(H,22,26). The second kappa shape index (κ2) is 8.31. The molecule has 0 spiro atoms. The zero-order valence-corrected chi connectivity index (χ0v) is 15.3. The normalized spacial score (nSPS) is 10.4. The number of nitrogens with one attached hydrogen (secondary N) is 1. The maximum atomic E-state index is 12.6. The van der Waals surface area contributed by atoms with Crippen molar-refractivity contribution in [2.75, 3.05) is 13.7 Å². The first-order valence-corrected chi connectivity index (χ1v) is 8.66. The topological polar surface area (TPSA) is 73.2 Å². The maximum Gasteiger partial charge on any atom is 0.275 e. The lowest BCUT2D eigenvalue weighted by atomic mass is 10.1. The van der Waals surface area contributed by atoms with E-state index in [9.17, 15) is 9.59 Å². The fourth-order valence-electron chi connectivity index (χ4n) is 2.78. The van der Waals surface area contributed by atoms with Crippen LogP contribution in [0.1, 0.15) is 21.6 Å². The quantitative estimate of drug-likeness (QED) is 0.730. The molecule has 0 aliphatic carbocycles. The highest BCUT2D eigenvalue weighted by Crippen LogP contribution is 2.16. The van der Waals surface area contributed by atoms with Gasteiger partial charge in [-0.3, -0.25) is 9.59 Å². The first-order valence-electron chi connectivity index (χ1n) is 8.66. The van der Waals surface area contributed by atoms with Crippen LogP contribution in [0, 0.1) is 6.92 Å². The van der Waals surface area contributed by atoms with Crippen LogP contribution in [0.25, 0.3) is 5.69 Å². The van der Waals surface area contributed by atoms with Gasteiger partial charge >= 0.3 is 0 Å². The van der Waals surface area contributed by atoms with Crippen LogP contribution in [0.3, 0.4) is 0 Å². The minimum Gasteiger partial charge on any atom is -0.494 e. The van der Waals surface area contributed by atoms with E-state index in [-0.39, 0.29) is 22.9 Å². The highest BCUT2D eigenvalue weighted by molar-refractivity contribution is 5.94. The van der Waals surface area contributed by atoms with Crippen molar-refractivity contribution < 1.29 is 9.53 Å². The molecule has 1 N–H and O–H groups in total. The van der Waals surface area contributed by atoms with Gasteiger partial charge in [-0.2, -0.15) is 9.78 Å².